The summed E-state index contributed by atoms with van der Waals surface area (Å²) in [6.45, 7) is 4.57. The smallest absolute Gasteiger partial charge is 0.219 e. The van der Waals surface area contributed by atoms with E-state index in [0.29, 0.717) is 17.6 Å². The lowest BCUT2D eigenvalue weighted by Gasteiger charge is -2.11. The Kier molecular flexibility index (Phi) is 5.09. The van der Waals surface area contributed by atoms with Gasteiger partial charge in [0.05, 0.1) is 5.02 Å². The molecule has 1 heterocycles. The van der Waals surface area contributed by atoms with Gasteiger partial charge in [-0.2, -0.15) is 0 Å². The average molecular weight is 313 g/mol. The molecule has 1 aromatic carbocycles. The van der Waals surface area contributed by atoms with Crippen molar-refractivity contribution in [3.63, 3.8) is 0 Å². The van der Waals surface area contributed by atoms with Gasteiger partial charge in [0.1, 0.15) is 5.82 Å². The molecule has 2 rings (SSSR count). The van der Waals surface area contributed by atoms with Crippen molar-refractivity contribution in [2.75, 3.05) is 0 Å². The number of nitrogens with zero attached hydrogens (tertiary/aromatic N) is 1. The Labute approximate surface area is 126 Å². The molecule has 0 saturated carbocycles. The first-order chi connectivity index (χ1) is 9.95. The Balaban J connectivity index is 2.18. The van der Waals surface area contributed by atoms with Gasteiger partial charge < -0.3 is 10.1 Å². The second kappa shape index (κ2) is 6.83. The van der Waals surface area contributed by atoms with Gasteiger partial charge in [-0.05, 0) is 17.7 Å². The molecule has 0 atom stereocenters. The molecular weight excluding hydrogens is 298 g/mol. The van der Waals surface area contributed by atoms with E-state index in [-0.39, 0.29) is 11.6 Å². The topological polar surface area (TPSA) is 34.1 Å². The number of halogens is 3. The predicted octanol–water partition coefficient (Wildman–Crippen LogP) is 4.30. The molecule has 0 aliphatic rings. The van der Waals surface area contributed by atoms with Gasteiger partial charge in [-0.3, -0.25) is 0 Å². The fraction of sp³-hybridized carbons (Fsp3) is 0.267. The second-order valence-electron chi connectivity index (χ2n) is 4.83. The van der Waals surface area contributed by atoms with Crippen molar-refractivity contribution in [3.05, 3.63) is 52.7 Å². The van der Waals surface area contributed by atoms with Gasteiger partial charge in [-0.25, -0.2) is 13.8 Å². The Morgan fingerprint density at radius 3 is 2.71 bits per heavy atom. The first-order valence-corrected chi connectivity index (χ1v) is 6.84. The van der Waals surface area contributed by atoms with E-state index in [0.717, 1.165) is 17.7 Å². The van der Waals surface area contributed by atoms with Gasteiger partial charge >= 0.3 is 0 Å². The molecule has 21 heavy (non-hydrogen) atoms. The summed E-state index contributed by atoms with van der Waals surface area (Å²) in [6, 6.07) is 5.02. The molecule has 1 N–H and O–H groups in total. The molecule has 0 unspecified atom stereocenters. The third-order valence-corrected chi connectivity index (χ3v) is 3.06. The van der Waals surface area contributed by atoms with Crippen LogP contribution in [-0.4, -0.2) is 11.0 Å². The Bertz CT molecular complexity index is 635. The van der Waals surface area contributed by atoms with Crippen molar-refractivity contribution < 1.29 is 13.5 Å². The highest BCUT2D eigenvalue weighted by Crippen LogP contribution is 2.26. The Hall–Kier alpha value is -1.72. The van der Waals surface area contributed by atoms with Crippen molar-refractivity contribution in [1.29, 1.82) is 0 Å². The van der Waals surface area contributed by atoms with E-state index in [9.17, 15) is 8.78 Å². The lowest BCUT2D eigenvalue weighted by molar-refractivity contribution is 0.423. The lowest BCUT2D eigenvalue weighted by Crippen LogP contribution is -2.22. The summed E-state index contributed by atoms with van der Waals surface area (Å²) in [5.74, 6) is -1.33. The quantitative estimate of drug-likeness (QED) is 0.893. The highest BCUT2D eigenvalue weighted by atomic mass is 35.5. The summed E-state index contributed by atoms with van der Waals surface area (Å²) in [4.78, 5) is 3.98. The molecule has 1 aromatic heterocycles. The van der Waals surface area contributed by atoms with Crippen LogP contribution >= 0.6 is 11.6 Å². The molecule has 112 valence electrons. The molecule has 0 aliphatic heterocycles. The third-order valence-electron chi connectivity index (χ3n) is 2.72. The largest absolute Gasteiger partial charge is 0.436 e. The predicted molar refractivity (Wildman–Crippen MR) is 77.7 cm³/mol. The molecule has 0 spiro atoms. The summed E-state index contributed by atoms with van der Waals surface area (Å²) in [5, 5.41) is 3.72. The highest BCUT2D eigenvalue weighted by Gasteiger charge is 2.09. The molecule has 0 saturated heterocycles. The van der Waals surface area contributed by atoms with Crippen LogP contribution in [0.4, 0.5) is 8.78 Å². The summed E-state index contributed by atoms with van der Waals surface area (Å²) >= 11 is 6.05. The van der Waals surface area contributed by atoms with Crippen LogP contribution in [0.2, 0.25) is 5.02 Å². The summed E-state index contributed by atoms with van der Waals surface area (Å²) in [7, 11) is 0. The molecule has 2 aromatic rings. The van der Waals surface area contributed by atoms with E-state index in [1.54, 1.807) is 6.07 Å². The van der Waals surface area contributed by atoms with E-state index in [4.69, 9.17) is 16.3 Å². The van der Waals surface area contributed by atoms with Crippen LogP contribution in [0.5, 0.6) is 11.6 Å². The molecule has 6 heteroatoms. The number of hydrogen-bond acceptors (Lipinski definition) is 3. The van der Waals surface area contributed by atoms with Gasteiger partial charge in [0.2, 0.25) is 5.88 Å². The third kappa shape index (κ3) is 4.37. The van der Waals surface area contributed by atoms with Crippen molar-refractivity contribution in [2.24, 2.45) is 0 Å². The first-order valence-electron chi connectivity index (χ1n) is 6.46. The first kappa shape index (κ1) is 15.7. The Morgan fingerprint density at radius 2 is 2.05 bits per heavy atom. The van der Waals surface area contributed by atoms with Gasteiger partial charge in [0.15, 0.2) is 11.6 Å². The van der Waals surface area contributed by atoms with Crippen LogP contribution in [-0.2, 0) is 6.54 Å². The van der Waals surface area contributed by atoms with Crippen LogP contribution in [0.1, 0.15) is 19.4 Å². The Morgan fingerprint density at radius 1 is 1.29 bits per heavy atom. The SMILES string of the molecule is CC(C)NCc1cc(Oc2ccc(F)cc2F)ncc1Cl. The number of hydrogen-bond donors (Lipinski definition) is 1. The number of pyridine rings is 1. The average Bonchev–Trinajstić information content (AvgIpc) is 2.42. The minimum atomic E-state index is -0.784. The van der Waals surface area contributed by atoms with E-state index >= 15 is 0 Å². The highest BCUT2D eigenvalue weighted by molar-refractivity contribution is 6.31. The molecular formula is C15H15ClF2N2O. The zero-order valence-corrected chi connectivity index (χ0v) is 12.4. The molecule has 0 fully saturated rings. The lowest BCUT2D eigenvalue weighted by atomic mass is 10.2. The fourth-order valence-electron chi connectivity index (χ4n) is 1.63. The number of aromatic nitrogens is 1. The maximum absolute atomic E-state index is 13.5. The number of rotatable bonds is 5. The molecule has 0 aliphatic carbocycles. The number of benzene rings is 1. The van der Waals surface area contributed by atoms with Crippen LogP contribution in [0, 0.1) is 11.6 Å². The van der Waals surface area contributed by atoms with Crippen LogP contribution in [0.3, 0.4) is 0 Å². The second-order valence-corrected chi connectivity index (χ2v) is 5.23. The van der Waals surface area contributed by atoms with Crippen molar-refractivity contribution in [3.8, 4) is 11.6 Å². The standard InChI is InChI=1S/C15H15ClF2N2O/c1-9(2)19-7-10-5-15(20-8-12(10)16)21-14-4-3-11(17)6-13(14)18/h3-6,8-9,19H,7H2,1-2H3. The maximum Gasteiger partial charge on any atom is 0.219 e. The minimum Gasteiger partial charge on any atom is -0.436 e. The zero-order chi connectivity index (χ0) is 15.4. The van der Waals surface area contributed by atoms with E-state index in [2.05, 4.69) is 10.3 Å². The summed E-state index contributed by atoms with van der Waals surface area (Å²) in [6.07, 6.45) is 1.44. The van der Waals surface area contributed by atoms with Gasteiger partial charge in [0.25, 0.3) is 0 Å². The zero-order valence-electron chi connectivity index (χ0n) is 11.7. The van der Waals surface area contributed by atoms with E-state index < -0.39 is 11.6 Å². The molecule has 0 bridgehead atoms. The normalized spacial score (nSPS) is 11.0. The summed E-state index contributed by atoms with van der Waals surface area (Å²) in [5.41, 5.74) is 0.790. The number of nitrogens with one attached hydrogen (secondary N) is 1. The van der Waals surface area contributed by atoms with E-state index in [1.807, 2.05) is 13.8 Å². The monoisotopic (exact) mass is 312 g/mol. The fourth-order valence-corrected chi connectivity index (χ4v) is 1.80. The molecule has 0 amide bonds. The minimum absolute atomic E-state index is 0.0889. The molecule has 0 radical (unpaired) electrons. The van der Waals surface area contributed by atoms with E-state index in [1.165, 1.54) is 12.3 Å². The van der Waals surface area contributed by atoms with Crippen LogP contribution < -0.4 is 10.1 Å². The number of ether oxygens (including phenoxy) is 1. The van der Waals surface area contributed by atoms with Gasteiger partial charge in [0, 0.05) is 30.9 Å². The van der Waals surface area contributed by atoms with Crippen LogP contribution in [0.15, 0.2) is 30.5 Å². The maximum atomic E-state index is 13.5. The summed E-state index contributed by atoms with van der Waals surface area (Å²) < 4.78 is 31.7. The van der Waals surface area contributed by atoms with Crippen LogP contribution in [0.25, 0.3) is 0 Å². The van der Waals surface area contributed by atoms with Gasteiger partial charge in [-0.15, -0.1) is 0 Å². The van der Waals surface area contributed by atoms with Crippen molar-refractivity contribution in [1.82, 2.24) is 10.3 Å². The van der Waals surface area contributed by atoms with Crippen molar-refractivity contribution in [2.45, 2.75) is 26.4 Å². The van der Waals surface area contributed by atoms with Gasteiger partial charge in [-0.1, -0.05) is 25.4 Å². The molecule has 3 nitrogen and oxygen atoms in total. The van der Waals surface area contributed by atoms with Crippen molar-refractivity contribution >= 4 is 11.6 Å².